The number of amides is 2. The van der Waals surface area contributed by atoms with E-state index in [0.717, 1.165) is 11.1 Å². The van der Waals surface area contributed by atoms with E-state index in [1.54, 1.807) is 29.2 Å². The van der Waals surface area contributed by atoms with Crippen LogP contribution >= 0.6 is 11.6 Å². The van der Waals surface area contributed by atoms with Crippen molar-refractivity contribution in [1.29, 1.82) is 0 Å². The first-order chi connectivity index (χ1) is 16.6. The summed E-state index contributed by atoms with van der Waals surface area (Å²) < 4.78 is 5.74. The van der Waals surface area contributed by atoms with Gasteiger partial charge in [0, 0.05) is 31.0 Å². The second-order valence-electron chi connectivity index (χ2n) is 8.01. The largest absolute Gasteiger partial charge is 0.494 e. The molecular formula is C28H31ClN2O3. The van der Waals surface area contributed by atoms with Gasteiger partial charge in [0.2, 0.25) is 11.8 Å². The molecular weight excluding hydrogens is 448 g/mol. The van der Waals surface area contributed by atoms with Crippen molar-refractivity contribution >= 4 is 23.4 Å². The molecule has 0 aromatic heterocycles. The van der Waals surface area contributed by atoms with Gasteiger partial charge in [-0.2, -0.15) is 0 Å². The number of benzene rings is 3. The minimum Gasteiger partial charge on any atom is -0.494 e. The lowest BCUT2D eigenvalue weighted by Gasteiger charge is -2.31. The van der Waals surface area contributed by atoms with Crippen LogP contribution in [0.5, 0.6) is 5.75 Å². The van der Waals surface area contributed by atoms with Gasteiger partial charge in [0.15, 0.2) is 0 Å². The van der Waals surface area contributed by atoms with E-state index in [0.29, 0.717) is 43.3 Å². The molecule has 0 saturated carbocycles. The van der Waals surface area contributed by atoms with Crippen LogP contribution in [0.4, 0.5) is 0 Å². The molecule has 0 spiro atoms. The minimum absolute atomic E-state index is 0.0734. The molecule has 1 atom stereocenters. The highest BCUT2D eigenvalue weighted by atomic mass is 35.5. The standard InChI is InChI=1S/C28H31ClN2O3/c1-2-30-28(33)26(20-22-10-5-3-6-11-22)31(21-23-12-7-4-8-13-23)27(32)14-9-19-34-25-17-15-24(29)16-18-25/h3-8,10-13,15-18,26H,2,9,14,19-21H2,1H3,(H,30,33). The normalized spacial score (nSPS) is 11.5. The second kappa shape index (κ2) is 13.4. The maximum absolute atomic E-state index is 13.4. The quantitative estimate of drug-likeness (QED) is 0.360. The Hall–Kier alpha value is -3.31. The number of nitrogens with one attached hydrogen (secondary N) is 1. The van der Waals surface area contributed by atoms with Crippen LogP contribution in [0.2, 0.25) is 5.02 Å². The van der Waals surface area contributed by atoms with Gasteiger partial charge in [0.1, 0.15) is 11.8 Å². The smallest absolute Gasteiger partial charge is 0.243 e. The highest BCUT2D eigenvalue weighted by Gasteiger charge is 2.29. The molecule has 3 aromatic carbocycles. The lowest BCUT2D eigenvalue weighted by atomic mass is 10.0. The average Bonchev–Trinajstić information content (AvgIpc) is 2.86. The van der Waals surface area contributed by atoms with Crippen molar-refractivity contribution in [3.8, 4) is 5.75 Å². The van der Waals surface area contributed by atoms with Gasteiger partial charge in [0.05, 0.1) is 6.61 Å². The van der Waals surface area contributed by atoms with Gasteiger partial charge in [-0.25, -0.2) is 0 Å². The Bertz CT molecular complexity index is 1030. The highest BCUT2D eigenvalue weighted by molar-refractivity contribution is 6.30. The van der Waals surface area contributed by atoms with Gasteiger partial charge in [-0.1, -0.05) is 72.3 Å². The molecule has 1 unspecified atom stereocenters. The zero-order valence-electron chi connectivity index (χ0n) is 19.5. The number of rotatable bonds is 12. The molecule has 0 fully saturated rings. The van der Waals surface area contributed by atoms with E-state index in [1.165, 1.54) is 0 Å². The van der Waals surface area contributed by atoms with Gasteiger partial charge >= 0.3 is 0 Å². The zero-order valence-corrected chi connectivity index (χ0v) is 20.2. The number of nitrogens with zero attached hydrogens (tertiary/aromatic N) is 1. The fourth-order valence-corrected chi connectivity index (χ4v) is 3.84. The monoisotopic (exact) mass is 478 g/mol. The van der Waals surface area contributed by atoms with E-state index in [4.69, 9.17) is 16.3 Å². The zero-order chi connectivity index (χ0) is 24.2. The molecule has 34 heavy (non-hydrogen) atoms. The fraction of sp³-hybridized carbons (Fsp3) is 0.286. The van der Waals surface area contributed by atoms with E-state index in [9.17, 15) is 9.59 Å². The topological polar surface area (TPSA) is 58.6 Å². The first-order valence-electron chi connectivity index (χ1n) is 11.6. The van der Waals surface area contributed by atoms with Crippen molar-refractivity contribution in [3.05, 3.63) is 101 Å². The molecule has 0 aliphatic carbocycles. The molecule has 0 radical (unpaired) electrons. The maximum atomic E-state index is 13.4. The Balaban J connectivity index is 1.73. The molecule has 3 rings (SSSR count). The molecule has 0 aliphatic heterocycles. The maximum Gasteiger partial charge on any atom is 0.243 e. The van der Waals surface area contributed by atoms with Gasteiger partial charge in [0.25, 0.3) is 0 Å². The van der Waals surface area contributed by atoms with E-state index in [1.807, 2.05) is 67.6 Å². The fourth-order valence-electron chi connectivity index (χ4n) is 3.71. The summed E-state index contributed by atoms with van der Waals surface area (Å²) >= 11 is 5.91. The average molecular weight is 479 g/mol. The third-order valence-corrected chi connectivity index (χ3v) is 5.69. The minimum atomic E-state index is -0.604. The van der Waals surface area contributed by atoms with Crippen LogP contribution < -0.4 is 10.1 Å². The van der Waals surface area contributed by atoms with Crippen molar-refractivity contribution in [2.24, 2.45) is 0 Å². The van der Waals surface area contributed by atoms with E-state index >= 15 is 0 Å². The van der Waals surface area contributed by atoms with Gasteiger partial charge < -0.3 is 15.0 Å². The molecule has 6 heteroatoms. The second-order valence-corrected chi connectivity index (χ2v) is 8.45. The van der Waals surface area contributed by atoms with Crippen LogP contribution in [0.25, 0.3) is 0 Å². The van der Waals surface area contributed by atoms with E-state index < -0.39 is 6.04 Å². The Morgan fingerprint density at radius 1 is 0.912 bits per heavy atom. The molecule has 5 nitrogen and oxygen atoms in total. The van der Waals surface area contributed by atoms with Crippen molar-refractivity contribution < 1.29 is 14.3 Å². The number of likely N-dealkylation sites (N-methyl/N-ethyl adjacent to an activating group) is 1. The van der Waals surface area contributed by atoms with Crippen molar-refractivity contribution in [2.45, 2.75) is 38.8 Å². The molecule has 2 amide bonds. The number of carbonyl (C=O) groups is 2. The van der Waals surface area contributed by atoms with Crippen molar-refractivity contribution in [1.82, 2.24) is 10.2 Å². The van der Waals surface area contributed by atoms with Gasteiger partial charge in [-0.05, 0) is 48.7 Å². The molecule has 0 aliphatic rings. The summed E-state index contributed by atoms with van der Waals surface area (Å²) in [5, 5.41) is 3.56. The summed E-state index contributed by atoms with van der Waals surface area (Å²) in [6.07, 6.45) is 1.28. The Labute approximate surface area is 206 Å². The Morgan fingerprint density at radius 3 is 2.15 bits per heavy atom. The first-order valence-corrected chi connectivity index (χ1v) is 12.0. The predicted molar refractivity (Wildman–Crippen MR) is 136 cm³/mol. The third kappa shape index (κ3) is 7.92. The van der Waals surface area contributed by atoms with E-state index in [2.05, 4.69) is 5.32 Å². The third-order valence-electron chi connectivity index (χ3n) is 5.44. The molecule has 0 bridgehead atoms. The number of halogens is 1. The summed E-state index contributed by atoms with van der Waals surface area (Å²) in [7, 11) is 0. The number of ether oxygens (including phenoxy) is 1. The Morgan fingerprint density at radius 2 is 1.53 bits per heavy atom. The van der Waals surface area contributed by atoms with Gasteiger partial charge in [-0.3, -0.25) is 9.59 Å². The molecule has 1 N–H and O–H groups in total. The van der Waals surface area contributed by atoms with Crippen molar-refractivity contribution in [3.63, 3.8) is 0 Å². The Kier molecular flexibility index (Phi) is 9.98. The number of hydrogen-bond acceptors (Lipinski definition) is 3. The number of carbonyl (C=O) groups excluding carboxylic acids is 2. The van der Waals surface area contributed by atoms with Crippen LogP contribution in [-0.2, 0) is 22.6 Å². The number of hydrogen-bond donors (Lipinski definition) is 1. The summed E-state index contributed by atoms with van der Waals surface area (Å²) in [6, 6.07) is 26.1. The molecule has 0 heterocycles. The predicted octanol–water partition coefficient (Wildman–Crippen LogP) is 5.28. The first kappa shape index (κ1) is 25.3. The summed E-state index contributed by atoms with van der Waals surface area (Å²) in [6.45, 7) is 3.16. The SMILES string of the molecule is CCNC(=O)C(Cc1ccccc1)N(Cc1ccccc1)C(=O)CCCOc1ccc(Cl)cc1. The van der Waals surface area contributed by atoms with Crippen LogP contribution in [-0.4, -0.2) is 35.9 Å². The van der Waals surface area contributed by atoms with Crippen molar-refractivity contribution in [2.75, 3.05) is 13.2 Å². The molecule has 178 valence electrons. The highest BCUT2D eigenvalue weighted by Crippen LogP contribution is 2.18. The van der Waals surface area contributed by atoms with Crippen LogP contribution in [0, 0.1) is 0 Å². The summed E-state index contributed by atoms with van der Waals surface area (Å²) in [5.74, 6) is 0.492. The van der Waals surface area contributed by atoms with Crippen LogP contribution in [0.15, 0.2) is 84.9 Å². The van der Waals surface area contributed by atoms with E-state index in [-0.39, 0.29) is 18.2 Å². The summed E-state index contributed by atoms with van der Waals surface area (Å²) in [5.41, 5.74) is 1.99. The van der Waals surface area contributed by atoms with Crippen LogP contribution in [0.1, 0.15) is 30.9 Å². The molecule has 0 saturated heterocycles. The van der Waals surface area contributed by atoms with Gasteiger partial charge in [-0.15, -0.1) is 0 Å². The lowest BCUT2D eigenvalue weighted by molar-refractivity contribution is -0.141. The summed E-state index contributed by atoms with van der Waals surface area (Å²) in [4.78, 5) is 28.2. The van der Waals surface area contributed by atoms with Crippen LogP contribution in [0.3, 0.4) is 0 Å². The molecule has 3 aromatic rings. The lowest BCUT2D eigenvalue weighted by Crippen LogP contribution is -2.50.